The van der Waals surface area contributed by atoms with Crippen LogP contribution in [0.4, 0.5) is 5.69 Å². The van der Waals surface area contributed by atoms with Gasteiger partial charge in [-0.15, -0.1) is 5.10 Å². The zero-order chi connectivity index (χ0) is 17.8. The van der Waals surface area contributed by atoms with Crippen LogP contribution in [0.1, 0.15) is 24.0 Å². The lowest BCUT2D eigenvalue weighted by molar-refractivity contribution is -0.113. The minimum Gasteiger partial charge on any atom is -0.376 e. The van der Waals surface area contributed by atoms with E-state index in [9.17, 15) is 4.79 Å². The highest BCUT2D eigenvalue weighted by Crippen LogP contribution is 2.27. The lowest BCUT2D eigenvalue weighted by atomic mass is 10.1. The van der Waals surface area contributed by atoms with Crippen molar-refractivity contribution in [2.24, 2.45) is 0 Å². The average Bonchev–Trinajstić information content (AvgIpc) is 3.21. The van der Waals surface area contributed by atoms with Gasteiger partial charge in [0.15, 0.2) is 0 Å². The predicted molar refractivity (Wildman–Crippen MR) is 97.1 cm³/mol. The van der Waals surface area contributed by atoms with E-state index in [1.807, 2.05) is 26.0 Å². The van der Waals surface area contributed by atoms with Crippen molar-refractivity contribution in [1.29, 1.82) is 0 Å². The molecule has 2 heterocycles. The van der Waals surface area contributed by atoms with Gasteiger partial charge in [0.2, 0.25) is 11.1 Å². The maximum Gasteiger partial charge on any atom is 0.234 e. The standard InChI is InChI=1S/C16H20ClN5O2S/c1-10-6-11(2)15(13(17)7-10)18-14(23)9-25-16-19-20-21-22(16)8-12-4-3-5-24-12/h6-7,12H,3-5,8-9H2,1-2H3,(H,18,23). The fourth-order valence-electron chi connectivity index (χ4n) is 2.78. The van der Waals surface area contributed by atoms with E-state index >= 15 is 0 Å². The Morgan fingerprint density at radius 1 is 1.48 bits per heavy atom. The van der Waals surface area contributed by atoms with E-state index in [-0.39, 0.29) is 17.8 Å². The summed E-state index contributed by atoms with van der Waals surface area (Å²) in [5.74, 6) is 0.0562. The van der Waals surface area contributed by atoms with Gasteiger partial charge in [0, 0.05) is 6.61 Å². The van der Waals surface area contributed by atoms with E-state index in [4.69, 9.17) is 16.3 Å². The SMILES string of the molecule is Cc1cc(C)c(NC(=O)CSc2nnnn2CC2CCCO2)c(Cl)c1. The molecule has 134 valence electrons. The first kappa shape index (κ1) is 18.2. The lowest BCUT2D eigenvalue weighted by Gasteiger charge is -2.12. The molecule has 0 spiro atoms. The molecule has 0 aliphatic carbocycles. The second-order valence-electron chi connectivity index (χ2n) is 6.05. The Morgan fingerprint density at radius 2 is 2.32 bits per heavy atom. The minimum atomic E-state index is -0.148. The molecule has 1 aliphatic heterocycles. The summed E-state index contributed by atoms with van der Waals surface area (Å²) in [5, 5.41) is 15.7. The van der Waals surface area contributed by atoms with Crippen LogP contribution in [0.5, 0.6) is 0 Å². The number of carbonyl (C=O) groups excluding carboxylic acids is 1. The van der Waals surface area contributed by atoms with Gasteiger partial charge in [-0.3, -0.25) is 4.79 Å². The number of aryl methyl sites for hydroxylation is 2. The third kappa shape index (κ3) is 4.71. The predicted octanol–water partition coefficient (Wildman–Crippen LogP) is 2.85. The van der Waals surface area contributed by atoms with Gasteiger partial charge in [0.25, 0.3) is 0 Å². The average molecular weight is 382 g/mol. The molecule has 1 aromatic carbocycles. The van der Waals surface area contributed by atoms with Gasteiger partial charge < -0.3 is 10.1 Å². The minimum absolute atomic E-state index is 0.144. The second kappa shape index (κ2) is 8.16. The van der Waals surface area contributed by atoms with Gasteiger partial charge >= 0.3 is 0 Å². The van der Waals surface area contributed by atoms with E-state index < -0.39 is 0 Å². The Morgan fingerprint density at radius 3 is 3.04 bits per heavy atom. The van der Waals surface area contributed by atoms with Gasteiger partial charge in [-0.25, -0.2) is 4.68 Å². The summed E-state index contributed by atoms with van der Waals surface area (Å²) < 4.78 is 7.29. The smallest absolute Gasteiger partial charge is 0.234 e. The van der Waals surface area contributed by atoms with E-state index in [0.717, 1.165) is 30.6 Å². The van der Waals surface area contributed by atoms with Crippen LogP contribution in [-0.2, 0) is 16.1 Å². The molecule has 9 heteroatoms. The van der Waals surface area contributed by atoms with Crippen molar-refractivity contribution in [3.63, 3.8) is 0 Å². The summed E-state index contributed by atoms with van der Waals surface area (Å²) in [6.45, 7) is 5.28. The lowest BCUT2D eigenvalue weighted by Crippen LogP contribution is -2.18. The number of hydrogen-bond acceptors (Lipinski definition) is 6. The number of nitrogens with zero attached hydrogens (tertiary/aromatic N) is 4. The molecule has 1 unspecified atom stereocenters. The third-order valence-corrected chi connectivity index (χ3v) is 5.18. The number of carbonyl (C=O) groups is 1. The molecule has 3 rings (SSSR count). The molecule has 1 aliphatic rings. The Bertz CT molecular complexity index is 738. The Balaban J connectivity index is 1.57. The highest BCUT2D eigenvalue weighted by atomic mass is 35.5. The monoisotopic (exact) mass is 381 g/mol. The van der Waals surface area contributed by atoms with Crippen LogP contribution in [0.15, 0.2) is 17.3 Å². The number of anilines is 1. The van der Waals surface area contributed by atoms with Crippen LogP contribution in [0, 0.1) is 13.8 Å². The number of ether oxygens (including phenoxy) is 1. The maximum atomic E-state index is 12.3. The number of benzene rings is 1. The first-order valence-corrected chi connectivity index (χ1v) is 9.46. The fraction of sp³-hybridized carbons (Fsp3) is 0.500. The van der Waals surface area contributed by atoms with E-state index in [2.05, 4.69) is 20.8 Å². The zero-order valence-electron chi connectivity index (χ0n) is 14.2. The molecule has 1 fully saturated rings. The summed E-state index contributed by atoms with van der Waals surface area (Å²) in [6.07, 6.45) is 2.22. The normalized spacial score (nSPS) is 17.0. The van der Waals surface area contributed by atoms with Crippen molar-refractivity contribution in [3.05, 3.63) is 28.3 Å². The van der Waals surface area contributed by atoms with Crippen LogP contribution in [0.2, 0.25) is 5.02 Å². The largest absolute Gasteiger partial charge is 0.376 e. The number of rotatable bonds is 6. The van der Waals surface area contributed by atoms with Crippen LogP contribution >= 0.6 is 23.4 Å². The quantitative estimate of drug-likeness (QED) is 0.775. The Hall–Kier alpha value is -1.64. The molecule has 0 saturated carbocycles. The maximum absolute atomic E-state index is 12.3. The fourth-order valence-corrected chi connectivity index (χ4v) is 3.83. The topological polar surface area (TPSA) is 81.9 Å². The molecule has 2 aromatic rings. The van der Waals surface area contributed by atoms with Crippen LogP contribution in [-0.4, -0.2) is 44.6 Å². The van der Waals surface area contributed by atoms with Crippen molar-refractivity contribution >= 4 is 35.0 Å². The molecule has 25 heavy (non-hydrogen) atoms. The van der Waals surface area contributed by atoms with Crippen molar-refractivity contribution in [3.8, 4) is 0 Å². The molecule has 1 saturated heterocycles. The number of amides is 1. The van der Waals surface area contributed by atoms with Gasteiger partial charge in [0.05, 0.1) is 29.1 Å². The van der Waals surface area contributed by atoms with E-state index in [1.54, 1.807) is 4.68 Å². The number of aromatic nitrogens is 4. The first-order chi connectivity index (χ1) is 12.0. The first-order valence-electron chi connectivity index (χ1n) is 8.10. The van der Waals surface area contributed by atoms with E-state index in [1.165, 1.54) is 11.8 Å². The van der Waals surface area contributed by atoms with Gasteiger partial charge in [0.1, 0.15) is 0 Å². The van der Waals surface area contributed by atoms with Gasteiger partial charge in [-0.2, -0.15) is 0 Å². The molecular weight excluding hydrogens is 362 g/mol. The Labute approximate surface area is 155 Å². The third-order valence-electron chi connectivity index (χ3n) is 3.93. The van der Waals surface area contributed by atoms with Crippen molar-refractivity contribution in [2.75, 3.05) is 17.7 Å². The van der Waals surface area contributed by atoms with Crippen LogP contribution in [0.3, 0.4) is 0 Å². The molecule has 1 aromatic heterocycles. The van der Waals surface area contributed by atoms with Crippen LogP contribution in [0.25, 0.3) is 0 Å². The number of thioether (sulfide) groups is 1. The molecule has 1 amide bonds. The van der Waals surface area contributed by atoms with Crippen molar-refractivity contribution in [1.82, 2.24) is 20.2 Å². The Kier molecular flexibility index (Phi) is 5.93. The number of tetrazole rings is 1. The van der Waals surface area contributed by atoms with Crippen molar-refractivity contribution in [2.45, 2.75) is 44.5 Å². The molecule has 1 N–H and O–H groups in total. The second-order valence-corrected chi connectivity index (χ2v) is 7.40. The number of halogens is 1. The molecular formula is C16H20ClN5O2S. The number of nitrogens with one attached hydrogen (secondary N) is 1. The highest BCUT2D eigenvalue weighted by Gasteiger charge is 2.19. The summed E-state index contributed by atoms with van der Waals surface area (Å²) in [4.78, 5) is 12.3. The summed E-state index contributed by atoms with van der Waals surface area (Å²) in [5.41, 5.74) is 2.64. The summed E-state index contributed by atoms with van der Waals surface area (Å²) >= 11 is 7.52. The highest BCUT2D eigenvalue weighted by molar-refractivity contribution is 7.99. The molecule has 1 atom stereocenters. The van der Waals surface area contributed by atoms with Gasteiger partial charge in [-0.05, 0) is 54.3 Å². The molecule has 0 bridgehead atoms. The molecule has 7 nitrogen and oxygen atoms in total. The van der Waals surface area contributed by atoms with Crippen molar-refractivity contribution < 1.29 is 9.53 Å². The van der Waals surface area contributed by atoms with Gasteiger partial charge in [-0.1, -0.05) is 29.4 Å². The zero-order valence-corrected chi connectivity index (χ0v) is 15.7. The summed E-state index contributed by atoms with van der Waals surface area (Å²) in [6, 6.07) is 3.82. The summed E-state index contributed by atoms with van der Waals surface area (Å²) in [7, 11) is 0. The van der Waals surface area contributed by atoms with Crippen LogP contribution < -0.4 is 5.32 Å². The van der Waals surface area contributed by atoms with E-state index in [0.29, 0.717) is 22.4 Å². The number of hydrogen-bond donors (Lipinski definition) is 1. The molecule has 0 radical (unpaired) electrons.